The van der Waals surface area contributed by atoms with Gasteiger partial charge in [-0.3, -0.25) is 14.8 Å². The molecule has 13 heterocycles. The van der Waals surface area contributed by atoms with Crippen LogP contribution in [0.4, 0.5) is 57.9 Å². The molecule has 30 heteroatoms. The Morgan fingerprint density at radius 3 is 1.40 bits per heavy atom. The fourth-order valence-corrected chi connectivity index (χ4v) is 16.4. The molecule has 137 heavy (non-hydrogen) atoms. The Labute approximate surface area is 803 Å². The van der Waals surface area contributed by atoms with Crippen LogP contribution < -0.4 is 45.3 Å². The molecular formula is C107H125N19O11. The molecule has 6 aromatic heterocycles. The molecule has 0 saturated carbocycles. The zero-order chi connectivity index (χ0) is 93.6. The molecule has 7 aliphatic heterocycles. The van der Waals surface area contributed by atoms with Gasteiger partial charge in [0, 0.05) is 175 Å². The van der Waals surface area contributed by atoms with Crippen molar-refractivity contribution in [3.8, 4) is 62.5 Å². The van der Waals surface area contributed by atoms with E-state index in [1.54, 1.807) is 37.2 Å². The van der Waals surface area contributed by atoms with E-state index in [1.165, 1.54) is 31.4 Å². The minimum atomic E-state index is 0.439. The predicted molar refractivity (Wildman–Crippen MR) is 537 cm³/mol. The third kappa shape index (κ3) is 30.4. The van der Waals surface area contributed by atoms with Gasteiger partial charge in [0.1, 0.15) is 36.2 Å². The highest BCUT2D eigenvalue weighted by molar-refractivity contribution is 5.70. The molecule has 714 valence electrons. The van der Waals surface area contributed by atoms with E-state index in [0.717, 1.165) is 203 Å². The Hall–Kier alpha value is -13.2. The van der Waals surface area contributed by atoms with Gasteiger partial charge in [-0.05, 0) is 218 Å². The van der Waals surface area contributed by atoms with Gasteiger partial charge in [0.25, 0.3) is 0 Å². The summed E-state index contributed by atoms with van der Waals surface area (Å²) in [6.07, 6.45) is 34.4. The number of likely N-dealkylation sites (N-methyl/N-ethyl adjacent to an activating group) is 3. The summed E-state index contributed by atoms with van der Waals surface area (Å²) in [5, 5.41) is 13.4. The van der Waals surface area contributed by atoms with Crippen molar-refractivity contribution in [2.24, 2.45) is 0 Å². The van der Waals surface area contributed by atoms with E-state index in [-0.39, 0.29) is 0 Å². The lowest BCUT2D eigenvalue weighted by Crippen LogP contribution is -2.44. The number of benzene rings is 6. The first-order valence-electron chi connectivity index (χ1n) is 47.4. The summed E-state index contributed by atoms with van der Waals surface area (Å²) in [5.41, 5.74) is 19.5. The van der Waals surface area contributed by atoms with Gasteiger partial charge in [0.2, 0.25) is 23.8 Å². The van der Waals surface area contributed by atoms with Gasteiger partial charge < -0.3 is 92.7 Å². The molecule has 19 rings (SSSR count). The molecule has 0 aliphatic carbocycles. The van der Waals surface area contributed by atoms with E-state index in [1.807, 2.05) is 146 Å². The van der Waals surface area contributed by atoms with Crippen LogP contribution in [-0.2, 0) is 79.4 Å². The molecule has 7 aliphatic rings. The van der Waals surface area contributed by atoms with Crippen LogP contribution in [0.15, 0.2) is 254 Å². The van der Waals surface area contributed by atoms with Crippen molar-refractivity contribution in [1.29, 1.82) is 0 Å². The maximum Gasteiger partial charge on any atom is 0.227 e. The number of aromatic nitrogens is 9. The second-order valence-electron chi connectivity index (χ2n) is 34.5. The van der Waals surface area contributed by atoms with Gasteiger partial charge in [0.15, 0.2) is 5.76 Å². The average Bonchev–Trinajstić information content (AvgIpc) is 1.60. The molecule has 24 bridgehead atoms. The third-order valence-electron chi connectivity index (χ3n) is 23.7. The smallest absolute Gasteiger partial charge is 0.227 e. The van der Waals surface area contributed by atoms with Crippen LogP contribution in [0, 0.1) is 0 Å². The number of furan rings is 1. The highest BCUT2D eigenvalue weighted by Crippen LogP contribution is 2.35. The first-order valence-corrected chi connectivity index (χ1v) is 47.4. The highest BCUT2D eigenvalue weighted by Gasteiger charge is 2.22. The molecule has 12 aromatic rings. The van der Waals surface area contributed by atoms with Crippen molar-refractivity contribution in [1.82, 2.24) is 64.5 Å². The standard InChI is InChI=1S/C27H31N5O3.C27H31N5O2.C27H33N5O2.C26H30N4O4/c1-2-10-32(9-1)11-14-35-26-6-5-24-16-23(26)20-34-13-4-3-12-33-19-21-15-22(18-28-17-21)25-7-8-29-27(30-24)31-25;1-31-12-14-32(15-13-31)26-9-8-23-18-22(26)20-33-16-3-2-4-17-34-24-7-5-6-21(19-24)25-10-11-28-27(29-23)30-25;1-31(2)13-14-32(3)26-10-9-24-18-23(26)20-34-16-5-4-15-33-19-21-7-6-8-22(17-21)25-11-12-28-27(29-24)30-25;1-2-10-30(9-1)11-14-33-24-6-5-22-16-21(24)19-32-13-4-3-12-31-17-20-15-25(34-18-20)23-7-8-27-26(28-22)29-23/h3-8,15-18H,1-2,9-14,19-20H2,(H,29,30,31);2-3,5-11,18-19H,4,12-17,20H2,1H3,(H,28,29,30);4-12,17-18H,13-16,19-20H2,1-3H3,(H,28,29,30);3-8,15-16,18H,1-2,9-14,17,19H2,(H,27,28,29)/b4-3+;3-2+;5-4+;4-3+. The molecular weight excluding hydrogens is 1730 g/mol. The lowest BCUT2D eigenvalue weighted by molar-refractivity contribution is 0.138. The number of rotatable bonds is 13. The quantitative estimate of drug-likeness (QED) is 0.0780. The number of fused-ring (bicyclic) bond motifs is 28. The lowest BCUT2D eigenvalue weighted by Gasteiger charge is -2.35. The molecule has 3 saturated heterocycles. The molecule has 0 atom stereocenters. The molecule has 0 spiro atoms. The molecule has 0 radical (unpaired) electrons. The number of hydrogen-bond donors (Lipinski definition) is 4. The Kier molecular flexibility index (Phi) is 36.5. The second-order valence-corrected chi connectivity index (χ2v) is 34.5. The number of pyridine rings is 1. The third-order valence-corrected chi connectivity index (χ3v) is 23.7. The minimum Gasteiger partial charge on any atom is -0.493 e. The number of likely N-dealkylation sites (tertiary alicyclic amines) is 2. The fraction of sp³-hybridized carbons (Fsp3) is 0.355. The van der Waals surface area contributed by atoms with Crippen LogP contribution in [0.1, 0.15) is 71.0 Å². The summed E-state index contributed by atoms with van der Waals surface area (Å²) in [6.45, 7) is 21.6. The van der Waals surface area contributed by atoms with E-state index >= 15 is 0 Å². The van der Waals surface area contributed by atoms with Gasteiger partial charge >= 0.3 is 0 Å². The van der Waals surface area contributed by atoms with Gasteiger partial charge in [-0.25, -0.2) is 39.9 Å². The van der Waals surface area contributed by atoms with Crippen LogP contribution in [0.5, 0.6) is 17.2 Å². The second kappa shape index (κ2) is 51.6. The first-order chi connectivity index (χ1) is 67.5. The molecule has 0 unspecified atom stereocenters. The van der Waals surface area contributed by atoms with Gasteiger partial charge in [-0.2, -0.15) is 0 Å². The van der Waals surface area contributed by atoms with Crippen molar-refractivity contribution in [3.63, 3.8) is 0 Å². The summed E-state index contributed by atoms with van der Waals surface area (Å²) in [4.78, 5) is 55.0. The van der Waals surface area contributed by atoms with Crippen LogP contribution in [-0.4, -0.2) is 237 Å². The van der Waals surface area contributed by atoms with Crippen LogP contribution >= 0.6 is 0 Å². The van der Waals surface area contributed by atoms with Crippen molar-refractivity contribution >= 4 is 57.9 Å². The molecule has 30 nitrogen and oxygen atoms in total. The van der Waals surface area contributed by atoms with Crippen LogP contribution in [0.2, 0.25) is 0 Å². The Morgan fingerprint density at radius 1 is 0.387 bits per heavy atom. The number of ether oxygens (including phenoxy) is 10. The van der Waals surface area contributed by atoms with E-state index < -0.39 is 0 Å². The van der Waals surface area contributed by atoms with Crippen LogP contribution in [0.3, 0.4) is 0 Å². The summed E-state index contributed by atoms with van der Waals surface area (Å²) >= 11 is 0. The van der Waals surface area contributed by atoms with Gasteiger partial charge in [-0.15, -0.1) is 0 Å². The summed E-state index contributed by atoms with van der Waals surface area (Å²) in [6, 6.07) is 52.6. The normalized spacial score (nSPS) is 17.3. The number of anilines is 10. The maximum absolute atomic E-state index is 6.16. The average molecular weight is 1850 g/mol. The van der Waals surface area contributed by atoms with Crippen molar-refractivity contribution in [2.75, 3.05) is 204 Å². The minimum absolute atomic E-state index is 0.439. The Balaban J connectivity index is 0.000000132. The largest absolute Gasteiger partial charge is 0.493 e. The fourth-order valence-electron chi connectivity index (χ4n) is 16.4. The number of piperazine rings is 1. The zero-order valence-electron chi connectivity index (χ0n) is 78.9. The Morgan fingerprint density at radius 2 is 0.839 bits per heavy atom. The van der Waals surface area contributed by atoms with E-state index in [2.05, 4.69) is 176 Å². The van der Waals surface area contributed by atoms with Crippen molar-refractivity contribution < 1.29 is 51.8 Å². The van der Waals surface area contributed by atoms with Crippen molar-refractivity contribution in [2.45, 2.75) is 78.4 Å². The predicted octanol–water partition coefficient (Wildman–Crippen LogP) is 17.9. The van der Waals surface area contributed by atoms with Crippen LogP contribution in [0.25, 0.3) is 45.2 Å². The Bertz CT molecular complexity index is 5940. The SMILES string of the molecule is C1=C/COCc2cc(ccc2OCCN2CCCC2)Nc2nccc(n2)-c2cc(co2)COC/1.C1=C/COCc2cc(ccc2OCCN2CCCC2)Nc2nccc(n2)-c2cncc(c2)COC/1.CN(C)CCN(C)c1ccc2cc1COC/C=C/COCc1cccc(c1)-c1ccnc(n1)N2.CN1CCN(c2ccc3cc2COC/C=C/CCOc2cccc(c2)-c2ccnc(n2)N3)CC1. The number of nitrogens with zero attached hydrogens (tertiary/aromatic N) is 15. The number of nitrogens with one attached hydrogen (secondary N) is 4. The van der Waals surface area contributed by atoms with Gasteiger partial charge in [0.05, 0.1) is 122 Å². The van der Waals surface area contributed by atoms with Gasteiger partial charge in [-0.1, -0.05) is 78.9 Å². The molecule has 0 amide bonds. The van der Waals surface area contributed by atoms with E-state index in [4.69, 9.17) is 66.7 Å². The maximum atomic E-state index is 6.16. The summed E-state index contributed by atoms with van der Waals surface area (Å²) < 4.78 is 65.0. The van der Waals surface area contributed by atoms with Crippen molar-refractivity contribution in [3.05, 3.63) is 289 Å². The highest BCUT2D eigenvalue weighted by atomic mass is 16.5. The monoisotopic (exact) mass is 1850 g/mol. The van der Waals surface area contributed by atoms with E-state index in [9.17, 15) is 0 Å². The zero-order valence-corrected chi connectivity index (χ0v) is 78.9. The first kappa shape index (κ1) is 96.9. The molecule has 6 aromatic carbocycles. The molecule has 4 N–H and O–H groups in total. The summed E-state index contributed by atoms with van der Waals surface area (Å²) in [5.74, 6) is 5.32. The lowest BCUT2D eigenvalue weighted by atomic mass is 10.1. The van der Waals surface area contributed by atoms with E-state index in [0.29, 0.717) is 148 Å². The summed E-state index contributed by atoms with van der Waals surface area (Å²) in [7, 11) is 8.47. The topological polar surface area (TPSA) is 289 Å². The number of hydrogen-bond acceptors (Lipinski definition) is 30. The molecule has 3 fully saturated rings.